The lowest BCUT2D eigenvalue weighted by Gasteiger charge is -2.31. The van der Waals surface area contributed by atoms with Gasteiger partial charge in [0.05, 0.1) is 10.8 Å². The van der Waals surface area contributed by atoms with Gasteiger partial charge in [0.1, 0.15) is 0 Å². The number of sulfonamides is 1. The first-order valence-corrected chi connectivity index (χ1v) is 11.2. The molecule has 0 saturated carbocycles. The van der Waals surface area contributed by atoms with E-state index in [9.17, 15) is 13.2 Å². The molecule has 1 N–H and O–H groups in total. The molecule has 0 unspecified atom stereocenters. The highest BCUT2D eigenvalue weighted by Gasteiger charge is 2.34. The molecule has 1 fully saturated rings. The van der Waals surface area contributed by atoms with E-state index in [4.69, 9.17) is 23.2 Å². The third kappa shape index (κ3) is 4.69. The third-order valence-corrected chi connectivity index (χ3v) is 7.29. The highest BCUT2D eigenvalue weighted by Crippen LogP contribution is 2.28. The Morgan fingerprint density at radius 2 is 1.79 bits per heavy atom. The first-order chi connectivity index (χ1) is 13.2. The van der Waals surface area contributed by atoms with Gasteiger partial charge in [0.2, 0.25) is 15.9 Å². The molecule has 1 atom stereocenters. The van der Waals surface area contributed by atoms with Gasteiger partial charge in [0.25, 0.3) is 0 Å². The summed E-state index contributed by atoms with van der Waals surface area (Å²) in [5.74, 6) is -0.675. The summed E-state index contributed by atoms with van der Waals surface area (Å²) in [5.41, 5.74) is 2.08. The molecular weight excluding hydrogens is 419 g/mol. The van der Waals surface area contributed by atoms with E-state index < -0.39 is 15.9 Å². The first-order valence-electron chi connectivity index (χ1n) is 9.01. The molecule has 2 aromatic rings. The van der Waals surface area contributed by atoms with Crippen LogP contribution in [0, 0.1) is 19.8 Å². The minimum absolute atomic E-state index is 0.149. The Bertz CT molecular complexity index is 988. The van der Waals surface area contributed by atoms with Gasteiger partial charge in [-0.25, -0.2) is 8.42 Å². The SMILES string of the molecule is Cc1ccc(C)c(S(=O)(=O)N2CCC[C@@H](C(=O)Nc3cc(Cl)cc(Cl)c3)C2)c1. The van der Waals surface area contributed by atoms with Crippen LogP contribution in [0.2, 0.25) is 10.0 Å². The van der Waals surface area contributed by atoms with Crippen molar-refractivity contribution in [3.8, 4) is 0 Å². The number of amides is 1. The second kappa shape index (κ2) is 8.41. The molecule has 1 amide bonds. The van der Waals surface area contributed by atoms with E-state index in [0.717, 1.165) is 5.56 Å². The average molecular weight is 441 g/mol. The van der Waals surface area contributed by atoms with Gasteiger partial charge in [-0.15, -0.1) is 0 Å². The summed E-state index contributed by atoms with van der Waals surface area (Å²) in [6.45, 7) is 4.20. The fourth-order valence-electron chi connectivity index (χ4n) is 3.37. The summed E-state index contributed by atoms with van der Waals surface area (Å²) in [6, 6.07) is 10.2. The number of nitrogens with zero attached hydrogens (tertiary/aromatic N) is 1. The zero-order valence-corrected chi connectivity index (χ0v) is 18.0. The van der Waals surface area contributed by atoms with Crippen LogP contribution in [0.5, 0.6) is 0 Å². The highest BCUT2D eigenvalue weighted by atomic mass is 35.5. The van der Waals surface area contributed by atoms with Crippen molar-refractivity contribution in [1.29, 1.82) is 0 Å². The van der Waals surface area contributed by atoms with E-state index in [1.807, 2.05) is 13.0 Å². The molecule has 3 rings (SSSR count). The van der Waals surface area contributed by atoms with Crippen LogP contribution in [0.1, 0.15) is 24.0 Å². The number of benzene rings is 2. The smallest absolute Gasteiger partial charge is 0.243 e. The Hall–Kier alpha value is -1.60. The zero-order valence-electron chi connectivity index (χ0n) is 15.7. The predicted molar refractivity (Wildman–Crippen MR) is 112 cm³/mol. The van der Waals surface area contributed by atoms with Crippen molar-refractivity contribution in [3.63, 3.8) is 0 Å². The normalized spacial score (nSPS) is 18.1. The standard InChI is InChI=1S/C20H22Cl2N2O3S/c1-13-5-6-14(2)19(8-13)28(26,27)24-7-3-4-15(12-24)20(25)23-18-10-16(21)9-17(22)11-18/h5-6,8-11,15H,3-4,7,12H2,1-2H3,(H,23,25)/t15-/m1/s1. The summed E-state index contributed by atoms with van der Waals surface area (Å²) in [4.78, 5) is 13.0. The Morgan fingerprint density at radius 3 is 2.46 bits per heavy atom. The molecule has 5 nitrogen and oxygen atoms in total. The maximum Gasteiger partial charge on any atom is 0.243 e. The molecule has 0 radical (unpaired) electrons. The molecule has 0 spiro atoms. The van der Waals surface area contributed by atoms with E-state index >= 15 is 0 Å². The van der Waals surface area contributed by atoms with Gasteiger partial charge in [0, 0.05) is 28.8 Å². The summed E-state index contributed by atoms with van der Waals surface area (Å²) >= 11 is 11.9. The number of piperidine rings is 1. The quantitative estimate of drug-likeness (QED) is 0.751. The lowest BCUT2D eigenvalue weighted by Crippen LogP contribution is -2.43. The number of hydrogen-bond donors (Lipinski definition) is 1. The maximum atomic E-state index is 13.1. The Kier molecular flexibility index (Phi) is 6.34. The minimum Gasteiger partial charge on any atom is -0.326 e. The Morgan fingerprint density at radius 1 is 1.11 bits per heavy atom. The number of anilines is 1. The lowest BCUT2D eigenvalue weighted by molar-refractivity contribution is -0.120. The topological polar surface area (TPSA) is 66.5 Å². The van der Waals surface area contributed by atoms with Crippen molar-refractivity contribution in [1.82, 2.24) is 4.31 Å². The predicted octanol–water partition coefficient (Wildman–Crippen LogP) is 4.65. The molecule has 1 saturated heterocycles. The van der Waals surface area contributed by atoms with Crippen molar-refractivity contribution in [3.05, 3.63) is 57.6 Å². The van der Waals surface area contributed by atoms with Crippen LogP contribution in [0.25, 0.3) is 0 Å². The van der Waals surface area contributed by atoms with Crippen molar-refractivity contribution in [2.75, 3.05) is 18.4 Å². The second-order valence-electron chi connectivity index (χ2n) is 7.12. The monoisotopic (exact) mass is 440 g/mol. The molecule has 0 aliphatic carbocycles. The van der Waals surface area contributed by atoms with Gasteiger partial charge in [-0.3, -0.25) is 4.79 Å². The van der Waals surface area contributed by atoms with Crippen LogP contribution in [-0.2, 0) is 14.8 Å². The van der Waals surface area contributed by atoms with Crippen LogP contribution in [0.15, 0.2) is 41.3 Å². The van der Waals surface area contributed by atoms with Gasteiger partial charge in [-0.05, 0) is 62.1 Å². The van der Waals surface area contributed by atoms with Crippen LogP contribution >= 0.6 is 23.2 Å². The summed E-state index contributed by atoms with van der Waals surface area (Å²) in [6.07, 6.45) is 1.25. The van der Waals surface area contributed by atoms with Crippen molar-refractivity contribution < 1.29 is 13.2 Å². The van der Waals surface area contributed by atoms with Gasteiger partial charge < -0.3 is 5.32 Å². The van der Waals surface area contributed by atoms with E-state index in [-0.39, 0.29) is 12.5 Å². The van der Waals surface area contributed by atoms with Gasteiger partial charge in [-0.2, -0.15) is 4.31 Å². The molecule has 8 heteroatoms. The molecule has 1 aliphatic rings. The number of hydrogen-bond acceptors (Lipinski definition) is 3. The molecule has 1 aliphatic heterocycles. The van der Waals surface area contributed by atoms with Crippen LogP contribution < -0.4 is 5.32 Å². The fraction of sp³-hybridized carbons (Fsp3) is 0.350. The highest BCUT2D eigenvalue weighted by molar-refractivity contribution is 7.89. The Labute approximate surface area is 175 Å². The van der Waals surface area contributed by atoms with Crippen molar-refractivity contribution in [2.45, 2.75) is 31.6 Å². The molecule has 28 heavy (non-hydrogen) atoms. The number of carbonyl (C=O) groups is 1. The maximum absolute atomic E-state index is 13.1. The molecule has 0 bridgehead atoms. The summed E-state index contributed by atoms with van der Waals surface area (Å²) in [5, 5.41) is 3.64. The summed E-state index contributed by atoms with van der Waals surface area (Å²) < 4.78 is 27.7. The molecule has 150 valence electrons. The van der Waals surface area contributed by atoms with Crippen LogP contribution in [0.4, 0.5) is 5.69 Å². The lowest BCUT2D eigenvalue weighted by atomic mass is 9.99. The number of rotatable bonds is 4. The van der Waals surface area contributed by atoms with Crippen LogP contribution in [-0.4, -0.2) is 31.7 Å². The second-order valence-corrected chi connectivity index (χ2v) is 9.90. The fourth-order valence-corrected chi connectivity index (χ4v) is 5.73. The van der Waals surface area contributed by atoms with E-state index in [1.54, 1.807) is 37.3 Å². The molecular formula is C20H22Cl2N2O3S. The van der Waals surface area contributed by atoms with E-state index in [0.29, 0.717) is 45.6 Å². The third-order valence-electron chi connectivity index (χ3n) is 4.85. The average Bonchev–Trinajstić information content (AvgIpc) is 2.63. The largest absolute Gasteiger partial charge is 0.326 e. The first kappa shape index (κ1) is 21.1. The van der Waals surface area contributed by atoms with Crippen molar-refractivity contribution in [2.24, 2.45) is 5.92 Å². The van der Waals surface area contributed by atoms with Crippen molar-refractivity contribution >= 4 is 44.8 Å². The zero-order chi connectivity index (χ0) is 20.5. The van der Waals surface area contributed by atoms with Crippen LogP contribution in [0.3, 0.4) is 0 Å². The summed E-state index contributed by atoms with van der Waals surface area (Å²) in [7, 11) is -3.66. The molecule has 1 heterocycles. The number of carbonyl (C=O) groups excluding carboxylic acids is 1. The number of aryl methyl sites for hydroxylation is 2. The minimum atomic E-state index is -3.66. The number of nitrogens with one attached hydrogen (secondary N) is 1. The molecule has 0 aromatic heterocycles. The van der Waals surface area contributed by atoms with Gasteiger partial charge in [0.15, 0.2) is 0 Å². The number of halogens is 2. The van der Waals surface area contributed by atoms with E-state index in [1.165, 1.54) is 4.31 Å². The Balaban J connectivity index is 1.77. The molecule has 2 aromatic carbocycles. The van der Waals surface area contributed by atoms with Gasteiger partial charge in [-0.1, -0.05) is 35.3 Å². The van der Waals surface area contributed by atoms with E-state index in [2.05, 4.69) is 5.32 Å². The van der Waals surface area contributed by atoms with Gasteiger partial charge >= 0.3 is 0 Å².